The second kappa shape index (κ2) is 5.50. The molecule has 4 aliphatic carbocycles. The summed E-state index contributed by atoms with van der Waals surface area (Å²) in [5, 5.41) is 21.0. The van der Waals surface area contributed by atoms with Crippen molar-refractivity contribution in [2.24, 2.45) is 34.5 Å². The maximum atomic E-state index is 12.2. The molecule has 4 aliphatic rings. The number of ketones is 2. The van der Waals surface area contributed by atoms with E-state index in [4.69, 9.17) is 0 Å². The molecule has 0 aromatic carbocycles. The lowest BCUT2D eigenvalue weighted by Crippen LogP contribution is -2.59. The number of aliphatic hydroxyl groups excluding tert-OH is 2. The minimum Gasteiger partial charge on any atom is -0.389 e. The normalized spacial score (nSPS) is 52.0. The molecule has 0 spiro atoms. The lowest BCUT2D eigenvalue weighted by atomic mass is 9.46. The Morgan fingerprint density at radius 3 is 2.52 bits per heavy atom. The Morgan fingerprint density at radius 1 is 1.12 bits per heavy atom. The molecule has 2 unspecified atom stereocenters. The van der Waals surface area contributed by atoms with Crippen LogP contribution in [-0.4, -0.2) is 34.0 Å². The van der Waals surface area contributed by atoms with Gasteiger partial charge in [0.1, 0.15) is 11.9 Å². The van der Waals surface area contributed by atoms with Gasteiger partial charge in [0.25, 0.3) is 0 Å². The molecular weight excluding hydrogens is 316 g/mol. The van der Waals surface area contributed by atoms with E-state index in [-0.39, 0.29) is 23.0 Å². The Hall–Kier alpha value is -1.00. The van der Waals surface area contributed by atoms with Gasteiger partial charge in [0.2, 0.25) is 0 Å². The summed E-state index contributed by atoms with van der Waals surface area (Å²) in [6.07, 6.45) is 5.20. The summed E-state index contributed by atoms with van der Waals surface area (Å²) in [4.78, 5) is 24.2. The molecule has 0 aliphatic heterocycles. The third kappa shape index (κ3) is 2.13. The maximum absolute atomic E-state index is 12.2. The van der Waals surface area contributed by atoms with E-state index >= 15 is 0 Å². The predicted molar refractivity (Wildman–Crippen MR) is 93.7 cm³/mol. The van der Waals surface area contributed by atoms with Gasteiger partial charge in [-0.2, -0.15) is 0 Å². The van der Waals surface area contributed by atoms with Crippen LogP contribution in [0.25, 0.3) is 0 Å². The van der Waals surface area contributed by atoms with Gasteiger partial charge < -0.3 is 10.2 Å². The first-order chi connectivity index (χ1) is 11.7. The Kier molecular flexibility index (Phi) is 3.83. The molecule has 0 heterocycles. The molecule has 2 N–H and O–H groups in total. The van der Waals surface area contributed by atoms with E-state index in [0.29, 0.717) is 17.6 Å². The van der Waals surface area contributed by atoms with Crippen LogP contribution in [0.4, 0.5) is 0 Å². The SMILES string of the molecule is CC(=O)[C@H]1CC[C@H]2[C@@H]3CCC4=CC(=O)C(O)C(O)[C@]4(C)[C@H]3CC[C@]12C. The van der Waals surface area contributed by atoms with E-state index in [0.717, 1.165) is 44.1 Å². The summed E-state index contributed by atoms with van der Waals surface area (Å²) in [5.74, 6) is 1.42. The number of hydrogen-bond acceptors (Lipinski definition) is 4. The lowest BCUT2D eigenvalue weighted by molar-refractivity contribution is -0.152. The van der Waals surface area contributed by atoms with E-state index in [1.165, 1.54) is 0 Å². The highest BCUT2D eigenvalue weighted by molar-refractivity contribution is 5.96. The van der Waals surface area contributed by atoms with E-state index in [1.54, 1.807) is 13.0 Å². The van der Waals surface area contributed by atoms with Crippen LogP contribution in [-0.2, 0) is 9.59 Å². The molecule has 3 saturated carbocycles. The molecule has 8 atom stereocenters. The maximum Gasteiger partial charge on any atom is 0.186 e. The number of rotatable bonds is 1. The molecule has 0 aromatic rings. The quantitative estimate of drug-likeness (QED) is 0.765. The molecule has 0 saturated heterocycles. The number of hydrogen-bond donors (Lipinski definition) is 2. The number of carbonyl (C=O) groups excluding carboxylic acids is 2. The summed E-state index contributed by atoms with van der Waals surface area (Å²) >= 11 is 0. The van der Waals surface area contributed by atoms with Gasteiger partial charge in [-0.15, -0.1) is 0 Å². The predicted octanol–water partition coefficient (Wildman–Crippen LogP) is 2.67. The van der Waals surface area contributed by atoms with Gasteiger partial charge in [-0.3, -0.25) is 9.59 Å². The zero-order chi connectivity index (χ0) is 18.1. The number of fused-ring (bicyclic) bond motifs is 5. The average molecular weight is 346 g/mol. The molecule has 4 heteroatoms. The number of aliphatic hydroxyl groups is 2. The van der Waals surface area contributed by atoms with Gasteiger partial charge in [0.05, 0.1) is 6.10 Å². The van der Waals surface area contributed by atoms with Crippen LogP contribution < -0.4 is 0 Å². The molecule has 138 valence electrons. The van der Waals surface area contributed by atoms with Crippen LogP contribution in [0.1, 0.15) is 59.3 Å². The summed E-state index contributed by atoms with van der Waals surface area (Å²) < 4.78 is 0. The fraction of sp³-hybridized carbons (Fsp3) is 0.810. The van der Waals surface area contributed by atoms with Crippen molar-refractivity contribution in [3.63, 3.8) is 0 Å². The van der Waals surface area contributed by atoms with Crippen molar-refractivity contribution in [2.45, 2.75) is 71.5 Å². The van der Waals surface area contributed by atoms with Gasteiger partial charge in [-0.1, -0.05) is 19.4 Å². The monoisotopic (exact) mass is 346 g/mol. The van der Waals surface area contributed by atoms with Crippen LogP contribution in [0.3, 0.4) is 0 Å². The molecule has 4 nitrogen and oxygen atoms in total. The van der Waals surface area contributed by atoms with Crippen LogP contribution in [0, 0.1) is 34.5 Å². The van der Waals surface area contributed by atoms with Gasteiger partial charge in [0.15, 0.2) is 5.78 Å². The lowest BCUT2D eigenvalue weighted by Gasteiger charge is -2.59. The summed E-state index contributed by atoms with van der Waals surface area (Å²) in [5.41, 5.74) is 0.603. The Bertz CT molecular complexity index is 652. The molecule has 0 amide bonds. The van der Waals surface area contributed by atoms with Crippen LogP contribution in [0.15, 0.2) is 11.6 Å². The first kappa shape index (κ1) is 17.4. The molecule has 0 bridgehead atoms. The minimum absolute atomic E-state index is 0.0820. The van der Waals surface area contributed by atoms with Crippen molar-refractivity contribution >= 4 is 11.6 Å². The zero-order valence-electron chi connectivity index (χ0n) is 15.5. The van der Waals surface area contributed by atoms with E-state index in [1.807, 2.05) is 0 Å². The fourth-order valence-electron chi connectivity index (χ4n) is 7.31. The van der Waals surface area contributed by atoms with Crippen molar-refractivity contribution in [3.8, 4) is 0 Å². The van der Waals surface area contributed by atoms with Crippen LogP contribution in [0.2, 0.25) is 0 Å². The van der Waals surface area contributed by atoms with Crippen molar-refractivity contribution in [3.05, 3.63) is 11.6 Å². The molecule has 0 aromatic heterocycles. The van der Waals surface area contributed by atoms with Crippen LogP contribution in [0.5, 0.6) is 0 Å². The second-order valence-electron chi connectivity index (χ2n) is 9.44. The average Bonchev–Trinajstić information content (AvgIpc) is 2.92. The summed E-state index contributed by atoms with van der Waals surface area (Å²) in [6, 6.07) is 0. The third-order valence-electron chi connectivity index (χ3n) is 8.66. The van der Waals surface area contributed by atoms with Gasteiger partial charge >= 0.3 is 0 Å². The topological polar surface area (TPSA) is 74.6 Å². The summed E-state index contributed by atoms with van der Waals surface area (Å²) in [6.45, 7) is 6.09. The van der Waals surface area contributed by atoms with E-state index in [2.05, 4.69) is 13.8 Å². The van der Waals surface area contributed by atoms with E-state index in [9.17, 15) is 19.8 Å². The number of Topliss-reactive ketones (excluding diaryl/α,β-unsaturated/α-hetero) is 1. The first-order valence-electron chi connectivity index (χ1n) is 9.82. The van der Waals surface area contributed by atoms with Crippen molar-refractivity contribution < 1.29 is 19.8 Å². The highest BCUT2D eigenvalue weighted by Gasteiger charge is 2.62. The Balaban J connectivity index is 1.71. The van der Waals surface area contributed by atoms with Crippen molar-refractivity contribution in [2.75, 3.05) is 0 Å². The molecule has 0 radical (unpaired) electrons. The minimum atomic E-state index is -1.30. The van der Waals surface area contributed by atoms with Crippen molar-refractivity contribution in [1.82, 2.24) is 0 Å². The number of carbonyl (C=O) groups is 2. The highest BCUT2D eigenvalue weighted by atomic mass is 16.3. The molecule has 4 rings (SSSR count). The highest BCUT2D eigenvalue weighted by Crippen LogP contribution is 2.66. The first-order valence-corrected chi connectivity index (χ1v) is 9.82. The second-order valence-corrected chi connectivity index (χ2v) is 9.44. The van der Waals surface area contributed by atoms with Gasteiger partial charge in [-0.05, 0) is 74.7 Å². The van der Waals surface area contributed by atoms with E-state index < -0.39 is 17.6 Å². The summed E-state index contributed by atoms with van der Waals surface area (Å²) in [7, 11) is 0. The Morgan fingerprint density at radius 2 is 1.84 bits per heavy atom. The van der Waals surface area contributed by atoms with Gasteiger partial charge in [0, 0.05) is 11.3 Å². The molecular formula is C21H30O4. The third-order valence-corrected chi connectivity index (χ3v) is 8.66. The fourth-order valence-corrected chi connectivity index (χ4v) is 7.31. The molecule has 3 fully saturated rings. The van der Waals surface area contributed by atoms with Gasteiger partial charge in [-0.25, -0.2) is 0 Å². The Labute approximate surface area is 149 Å². The zero-order valence-corrected chi connectivity index (χ0v) is 15.5. The van der Waals surface area contributed by atoms with Crippen molar-refractivity contribution in [1.29, 1.82) is 0 Å². The molecule has 25 heavy (non-hydrogen) atoms. The smallest absolute Gasteiger partial charge is 0.186 e. The standard InChI is InChI=1S/C21H30O4/c1-11(22)14-6-7-15-13-5-4-12-10-17(23)18(24)19(25)21(12,3)16(13)8-9-20(14,15)2/h10,13-16,18-19,24-25H,4-9H2,1-3H3/t13-,14+,15-,16-,18?,19?,20+,21-/m0/s1. The largest absolute Gasteiger partial charge is 0.389 e. The van der Waals surface area contributed by atoms with Crippen LogP contribution >= 0.6 is 0 Å².